The van der Waals surface area contributed by atoms with Gasteiger partial charge in [-0.15, -0.1) is 0 Å². The molecule has 10 nitrogen and oxygen atoms in total. The molecule has 0 unspecified atom stereocenters. The maximum atomic E-state index is 5.84. The SMILES string of the molecule is COc1ccc(CN2CCc3c(Nc4ccccc4CNC4CCC4)nc(Nc4ccc(N5CCOCC5)cc4OC)nc32)cc1. The standard InChI is InChI=1S/C36H43N7O3/c1-44-29-13-10-25(11-14-29)24-43-17-16-30-34(38-31-9-4-3-6-26(31)23-37-27-7-5-8-27)40-36(41-35(30)43)39-32-15-12-28(22-33(32)45-2)42-18-20-46-21-19-42/h3-4,6,9-15,22,27,37H,5,7-8,16-21,23-24H2,1-2H3,(H2,38,39,40,41). The molecule has 0 atom stereocenters. The maximum Gasteiger partial charge on any atom is 0.231 e. The van der Waals surface area contributed by atoms with E-state index in [0.29, 0.717) is 12.0 Å². The summed E-state index contributed by atoms with van der Waals surface area (Å²) < 4.78 is 16.8. The Morgan fingerprint density at radius 1 is 0.870 bits per heavy atom. The number of ether oxygens (including phenoxy) is 3. The van der Waals surface area contributed by atoms with E-state index in [9.17, 15) is 0 Å². The van der Waals surface area contributed by atoms with Crippen LogP contribution in [0.25, 0.3) is 0 Å². The van der Waals surface area contributed by atoms with E-state index < -0.39 is 0 Å². The van der Waals surface area contributed by atoms with Crippen LogP contribution < -0.4 is 35.2 Å². The summed E-state index contributed by atoms with van der Waals surface area (Å²) in [7, 11) is 3.39. The lowest BCUT2D eigenvalue weighted by atomic mass is 9.93. The van der Waals surface area contributed by atoms with E-state index >= 15 is 0 Å². The summed E-state index contributed by atoms with van der Waals surface area (Å²) in [6, 6.07) is 23.6. The van der Waals surface area contributed by atoms with Gasteiger partial charge in [-0.2, -0.15) is 9.97 Å². The molecule has 3 aliphatic rings. The number of hydrogen-bond acceptors (Lipinski definition) is 10. The first-order valence-corrected chi connectivity index (χ1v) is 16.3. The number of nitrogens with zero attached hydrogens (tertiary/aromatic N) is 4. The average Bonchev–Trinajstić information content (AvgIpc) is 3.48. The van der Waals surface area contributed by atoms with Gasteiger partial charge in [0, 0.05) is 61.8 Å². The van der Waals surface area contributed by atoms with E-state index in [-0.39, 0.29) is 0 Å². The zero-order valence-corrected chi connectivity index (χ0v) is 26.7. The van der Waals surface area contributed by atoms with Gasteiger partial charge < -0.3 is 40.0 Å². The first-order valence-electron chi connectivity index (χ1n) is 16.3. The molecule has 10 heteroatoms. The fourth-order valence-electron chi connectivity index (χ4n) is 6.29. The van der Waals surface area contributed by atoms with E-state index in [2.05, 4.69) is 74.3 Å². The minimum absolute atomic E-state index is 0.519. The average molecular weight is 622 g/mol. The summed E-state index contributed by atoms with van der Waals surface area (Å²) in [6.45, 7) is 5.61. The third-order valence-corrected chi connectivity index (χ3v) is 9.21. The Balaban J connectivity index is 1.20. The molecule has 0 amide bonds. The fourth-order valence-corrected chi connectivity index (χ4v) is 6.29. The van der Waals surface area contributed by atoms with Crippen molar-refractivity contribution >= 4 is 34.6 Å². The molecule has 1 saturated carbocycles. The van der Waals surface area contributed by atoms with Crippen LogP contribution in [0, 0.1) is 0 Å². The van der Waals surface area contributed by atoms with Gasteiger partial charge in [0.2, 0.25) is 5.95 Å². The Bertz CT molecular complexity index is 1640. The van der Waals surface area contributed by atoms with Crippen LogP contribution in [-0.4, -0.2) is 63.1 Å². The molecule has 0 radical (unpaired) electrons. The van der Waals surface area contributed by atoms with E-state index in [1.165, 1.54) is 30.4 Å². The largest absolute Gasteiger partial charge is 0.497 e. The van der Waals surface area contributed by atoms with E-state index in [4.69, 9.17) is 24.2 Å². The van der Waals surface area contributed by atoms with Crippen LogP contribution in [0.2, 0.25) is 0 Å². The number of anilines is 6. The summed E-state index contributed by atoms with van der Waals surface area (Å²) in [5, 5.41) is 10.9. The number of para-hydroxylation sites is 1. The Labute approximate surface area is 271 Å². The lowest BCUT2D eigenvalue weighted by Crippen LogP contribution is -2.36. The highest BCUT2D eigenvalue weighted by Crippen LogP contribution is 2.38. The van der Waals surface area contributed by atoms with Crippen LogP contribution in [-0.2, 0) is 24.2 Å². The Morgan fingerprint density at radius 2 is 1.70 bits per heavy atom. The van der Waals surface area contributed by atoms with E-state index in [0.717, 1.165) is 98.1 Å². The quantitative estimate of drug-likeness (QED) is 0.174. The zero-order chi connectivity index (χ0) is 31.3. The predicted octanol–water partition coefficient (Wildman–Crippen LogP) is 6.02. The van der Waals surface area contributed by atoms with Crippen LogP contribution in [0.3, 0.4) is 0 Å². The number of fused-ring (bicyclic) bond motifs is 1. The number of methoxy groups -OCH3 is 2. The number of nitrogens with one attached hydrogen (secondary N) is 3. The fraction of sp³-hybridized carbons (Fsp3) is 0.389. The van der Waals surface area contributed by atoms with Crippen LogP contribution in [0.4, 0.5) is 34.6 Å². The minimum Gasteiger partial charge on any atom is -0.497 e. The molecule has 0 spiro atoms. The number of benzene rings is 3. The molecular weight excluding hydrogens is 578 g/mol. The summed E-state index contributed by atoms with van der Waals surface area (Å²) >= 11 is 0. The van der Waals surface area contributed by atoms with Crippen molar-refractivity contribution in [3.63, 3.8) is 0 Å². The maximum absolute atomic E-state index is 5.84. The number of aromatic nitrogens is 2. The summed E-state index contributed by atoms with van der Waals surface area (Å²) in [4.78, 5) is 14.8. The van der Waals surface area contributed by atoms with Crippen molar-refractivity contribution in [2.45, 2.75) is 44.8 Å². The van der Waals surface area contributed by atoms with Crippen molar-refractivity contribution in [2.75, 3.05) is 67.5 Å². The summed E-state index contributed by atoms with van der Waals surface area (Å²) in [5.41, 5.74) is 6.53. The van der Waals surface area contributed by atoms with Gasteiger partial charge in [-0.05, 0) is 60.7 Å². The van der Waals surface area contributed by atoms with Gasteiger partial charge in [0.25, 0.3) is 0 Å². The molecule has 3 heterocycles. The van der Waals surface area contributed by atoms with Crippen LogP contribution >= 0.6 is 0 Å². The van der Waals surface area contributed by atoms with Crippen molar-refractivity contribution in [3.8, 4) is 11.5 Å². The molecule has 46 heavy (non-hydrogen) atoms. The molecule has 2 fully saturated rings. The molecule has 3 N–H and O–H groups in total. The number of morpholine rings is 1. The Morgan fingerprint density at radius 3 is 2.46 bits per heavy atom. The normalized spacial score (nSPS) is 16.1. The van der Waals surface area contributed by atoms with E-state index in [1.807, 2.05) is 18.2 Å². The lowest BCUT2D eigenvalue weighted by molar-refractivity contribution is 0.122. The highest BCUT2D eigenvalue weighted by Gasteiger charge is 2.27. The van der Waals surface area contributed by atoms with Gasteiger partial charge in [0.15, 0.2) is 0 Å². The smallest absolute Gasteiger partial charge is 0.231 e. The molecule has 240 valence electrons. The van der Waals surface area contributed by atoms with Crippen LogP contribution in [0.15, 0.2) is 66.7 Å². The molecule has 4 aromatic rings. The number of hydrogen-bond donors (Lipinski definition) is 3. The van der Waals surface area contributed by atoms with Gasteiger partial charge in [0.1, 0.15) is 23.1 Å². The second-order valence-corrected chi connectivity index (χ2v) is 12.1. The van der Waals surface area contributed by atoms with Gasteiger partial charge in [-0.1, -0.05) is 36.8 Å². The first kappa shape index (κ1) is 30.1. The second-order valence-electron chi connectivity index (χ2n) is 12.1. The molecule has 7 rings (SSSR count). The zero-order valence-electron chi connectivity index (χ0n) is 26.7. The van der Waals surface area contributed by atoms with Gasteiger partial charge in [0.05, 0.1) is 33.1 Å². The Kier molecular flexibility index (Phi) is 9.07. The van der Waals surface area contributed by atoms with Crippen molar-refractivity contribution in [1.29, 1.82) is 0 Å². The lowest BCUT2D eigenvalue weighted by Gasteiger charge is -2.29. The summed E-state index contributed by atoms with van der Waals surface area (Å²) in [5.74, 6) is 3.87. The van der Waals surface area contributed by atoms with Crippen LogP contribution in [0.1, 0.15) is 36.0 Å². The third kappa shape index (κ3) is 6.68. The second kappa shape index (κ2) is 13.8. The third-order valence-electron chi connectivity index (χ3n) is 9.21. The molecule has 3 aromatic carbocycles. The predicted molar refractivity (Wildman–Crippen MR) is 183 cm³/mol. The molecule has 0 bridgehead atoms. The van der Waals surface area contributed by atoms with Crippen LogP contribution in [0.5, 0.6) is 11.5 Å². The Hall–Kier alpha value is -4.54. The molecule has 2 aliphatic heterocycles. The monoisotopic (exact) mass is 621 g/mol. The van der Waals surface area contributed by atoms with Gasteiger partial charge in [-0.3, -0.25) is 0 Å². The van der Waals surface area contributed by atoms with Crippen molar-refractivity contribution < 1.29 is 14.2 Å². The topological polar surface area (TPSA) is 96.0 Å². The highest BCUT2D eigenvalue weighted by molar-refractivity contribution is 5.74. The first-order chi connectivity index (χ1) is 22.7. The molecule has 1 aliphatic carbocycles. The highest BCUT2D eigenvalue weighted by atomic mass is 16.5. The van der Waals surface area contributed by atoms with Crippen molar-refractivity contribution in [2.24, 2.45) is 0 Å². The van der Waals surface area contributed by atoms with Crippen molar-refractivity contribution in [1.82, 2.24) is 15.3 Å². The van der Waals surface area contributed by atoms with E-state index in [1.54, 1.807) is 14.2 Å². The van der Waals surface area contributed by atoms with Gasteiger partial charge >= 0.3 is 0 Å². The van der Waals surface area contributed by atoms with Crippen molar-refractivity contribution in [3.05, 3.63) is 83.4 Å². The number of rotatable bonds is 12. The summed E-state index contributed by atoms with van der Waals surface area (Å²) in [6.07, 6.45) is 4.68. The van der Waals surface area contributed by atoms with Gasteiger partial charge in [-0.25, -0.2) is 0 Å². The molecule has 1 aromatic heterocycles. The molecule has 1 saturated heterocycles. The minimum atomic E-state index is 0.519. The molecular formula is C36H43N7O3.